The fourth-order valence-corrected chi connectivity index (χ4v) is 2.19. The molecule has 2 aromatic carbocycles. The lowest BCUT2D eigenvalue weighted by molar-refractivity contribution is -0.141. The number of hydrogen-bond donors (Lipinski definition) is 0. The zero-order valence-corrected chi connectivity index (χ0v) is 11.5. The molecule has 19 heavy (non-hydrogen) atoms. The quantitative estimate of drug-likeness (QED) is 0.782. The van der Waals surface area contributed by atoms with Crippen molar-refractivity contribution < 1.29 is 9.53 Å². The normalized spacial score (nSPS) is 11.9. The molecule has 0 fully saturated rings. The van der Waals surface area contributed by atoms with E-state index < -0.39 is 0 Å². The van der Waals surface area contributed by atoms with Crippen molar-refractivity contribution in [2.24, 2.45) is 0 Å². The van der Waals surface area contributed by atoms with Gasteiger partial charge in [-0.05, 0) is 25.0 Å². The summed E-state index contributed by atoms with van der Waals surface area (Å²) in [6.07, 6.45) is 0. The van der Waals surface area contributed by atoms with Gasteiger partial charge in [0.05, 0.1) is 7.11 Å². The van der Waals surface area contributed by atoms with Gasteiger partial charge in [0.25, 0.3) is 0 Å². The van der Waals surface area contributed by atoms with Gasteiger partial charge in [-0.25, -0.2) is 0 Å². The van der Waals surface area contributed by atoms with Crippen molar-refractivity contribution in [2.75, 3.05) is 7.11 Å². The number of ether oxygens (including phenoxy) is 1. The Balaban J connectivity index is 2.47. The summed E-state index contributed by atoms with van der Waals surface area (Å²) < 4.78 is 4.95. The Morgan fingerprint density at radius 1 is 0.947 bits per heavy atom. The summed E-state index contributed by atoms with van der Waals surface area (Å²) in [6, 6.07) is 16.0. The van der Waals surface area contributed by atoms with E-state index in [1.165, 1.54) is 12.7 Å². The number of carbonyl (C=O) groups is 1. The molecule has 98 valence electrons. The Labute approximate surface area is 114 Å². The maximum Gasteiger partial charge on any atom is 0.317 e. The van der Waals surface area contributed by atoms with E-state index in [0.29, 0.717) is 0 Å². The summed E-state index contributed by atoms with van der Waals surface area (Å²) in [7, 11) is 1.43. The molecule has 0 aliphatic carbocycles. The van der Waals surface area contributed by atoms with Crippen LogP contribution < -0.4 is 0 Å². The molecule has 2 heteroatoms. The molecule has 0 aromatic heterocycles. The van der Waals surface area contributed by atoms with Crippen LogP contribution in [0.5, 0.6) is 0 Å². The maximum absolute atomic E-state index is 12.1. The summed E-state index contributed by atoms with van der Waals surface area (Å²) in [5.74, 6) is -0.583. The average molecular weight is 254 g/mol. The lowest BCUT2D eigenvalue weighted by Crippen LogP contribution is -2.15. The molecule has 2 nitrogen and oxygen atoms in total. The van der Waals surface area contributed by atoms with E-state index in [-0.39, 0.29) is 11.9 Å². The first-order valence-corrected chi connectivity index (χ1v) is 6.33. The monoisotopic (exact) mass is 254 g/mol. The van der Waals surface area contributed by atoms with Crippen LogP contribution in [0, 0.1) is 13.8 Å². The molecule has 0 bridgehead atoms. The number of aryl methyl sites for hydroxylation is 2. The van der Waals surface area contributed by atoms with Crippen molar-refractivity contribution in [3.63, 3.8) is 0 Å². The fourth-order valence-electron chi connectivity index (χ4n) is 2.19. The van der Waals surface area contributed by atoms with Gasteiger partial charge in [0.1, 0.15) is 5.92 Å². The highest BCUT2D eigenvalue weighted by molar-refractivity contribution is 5.82. The third-order valence-electron chi connectivity index (χ3n) is 3.22. The second-order valence-corrected chi connectivity index (χ2v) is 4.78. The van der Waals surface area contributed by atoms with E-state index in [2.05, 4.69) is 0 Å². The van der Waals surface area contributed by atoms with Crippen LogP contribution >= 0.6 is 0 Å². The van der Waals surface area contributed by atoms with Crippen LogP contribution in [0.2, 0.25) is 0 Å². The van der Waals surface area contributed by atoms with Crippen molar-refractivity contribution in [1.82, 2.24) is 0 Å². The van der Waals surface area contributed by atoms with Crippen molar-refractivity contribution in [2.45, 2.75) is 19.8 Å². The molecular weight excluding hydrogens is 236 g/mol. The predicted molar refractivity (Wildman–Crippen MR) is 76.2 cm³/mol. The third kappa shape index (κ3) is 3.02. The van der Waals surface area contributed by atoms with Crippen LogP contribution in [0.4, 0.5) is 0 Å². The Morgan fingerprint density at radius 2 is 1.63 bits per heavy atom. The third-order valence-corrected chi connectivity index (χ3v) is 3.22. The van der Waals surface area contributed by atoms with Gasteiger partial charge < -0.3 is 4.74 Å². The van der Waals surface area contributed by atoms with Gasteiger partial charge in [0.2, 0.25) is 0 Å². The highest BCUT2D eigenvalue weighted by atomic mass is 16.5. The molecule has 1 atom stereocenters. The Hall–Kier alpha value is -2.09. The smallest absolute Gasteiger partial charge is 0.317 e. The van der Waals surface area contributed by atoms with E-state index in [1.807, 2.05) is 62.4 Å². The Morgan fingerprint density at radius 3 is 2.21 bits per heavy atom. The van der Waals surface area contributed by atoms with Gasteiger partial charge in [-0.2, -0.15) is 0 Å². The minimum Gasteiger partial charge on any atom is -0.468 e. The number of carbonyl (C=O) groups excluding carboxylic acids is 1. The molecule has 0 radical (unpaired) electrons. The van der Waals surface area contributed by atoms with E-state index in [1.54, 1.807) is 0 Å². The van der Waals surface area contributed by atoms with Gasteiger partial charge in [-0.3, -0.25) is 4.79 Å². The van der Waals surface area contributed by atoms with E-state index >= 15 is 0 Å². The highest BCUT2D eigenvalue weighted by Gasteiger charge is 2.23. The summed E-state index contributed by atoms with van der Waals surface area (Å²) in [5.41, 5.74) is 4.24. The SMILES string of the molecule is COC(=O)C(c1ccc(C)cc1)c1cccc(C)c1. The molecular formula is C17H18O2. The average Bonchev–Trinajstić information content (AvgIpc) is 2.41. The molecule has 0 spiro atoms. The summed E-state index contributed by atoms with van der Waals surface area (Å²) in [6.45, 7) is 4.05. The highest BCUT2D eigenvalue weighted by Crippen LogP contribution is 2.26. The molecule has 0 amide bonds. The van der Waals surface area contributed by atoms with Crippen LogP contribution in [-0.4, -0.2) is 13.1 Å². The first kappa shape index (κ1) is 13.3. The Bertz CT molecular complexity index is 570. The van der Waals surface area contributed by atoms with Gasteiger partial charge in [0.15, 0.2) is 0 Å². The summed E-state index contributed by atoms with van der Waals surface area (Å²) in [4.78, 5) is 12.1. The predicted octanol–water partition coefficient (Wildman–Crippen LogP) is 3.61. The molecule has 0 heterocycles. The van der Waals surface area contributed by atoms with Crippen LogP contribution in [-0.2, 0) is 9.53 Å². The lowest BCUT2D eigenvalue weighted by Gasteiger charge is -2.16. The van der Waals surface area contributed by atoms with Gasteiger partial charge in [-0.15, -0.1) is 0 Å². The standard InChI is InChI=1S/C17H18O2/c1-12-7-9-14(10-8-12)16(17(18)19-3)15-6-4-5-13(2)11-15/h4-11,16H,1-3H3. The minimum atomic E-state index is -0.356. The minimum absolute atomic E-state index is 0.227. The summed E-state index contributed by atoms with van der Waals surface area (Å²) in [5, 5.41) is 0. The zero-order valence-electron chi connectivity index (χ0n) is 11.5. The molecule has 1 unspecified atom stereocenters. The lowest BCUT2D eigenvalue weighted by atomic mass is 9.90. The van der Waals surface area contributed by atoms with E-state index in [4.69, 9.17) is 4.74 Å². The van der Waals surface area contributed by atoms with Crippen LogP contribution in [0.15, 0.2) is 48.5 Å². The van der Waals surface area contributed by atoms with E-state index in [9.17, 15) is 4.79 Å². The number of hydrogen-bond acceptors (Lipinski definition) is 2. The topological polar surface area (TPSA) is 26.3 Å². The fraction of sp³-hybridized carbons (Fsp3) is 0.235. The second kappa shape index (κ2) is 5.70. The molecule has 0 saturated carbocycles. The molecule has 0 N–H and O–H groups in total. The first-order chi connectivity index (χ1) is 9.11. The van der Waals surface area contributed by atoms with E-state index in [0.717, 1.165) is 16.7 Å². The van der Waals surface area contributed by atoms with Crippen LogP contribution in [0.25, 0.3) is 0 Å². The molecule has 0 saturated heterocycles. The zero-order chi connectivity index (χ0) is 13.8. The van der Waals surface area contributed by atoms with Crippen LogP contribution in [0.3, 0.4) is 0 Å². The second-order valence-electron chi connectivity index (χ2n) is 4.78. The van der Waals surface area contributed by atoms with Gasteiger partial charge >= 0.3 is 5.97 Å². The van der Waals surface area contributed by atoms with Crippen molar-refractivity contribution >= 4 is 5.97 Å². The number of benzene rings is 2. The van der Waals surface area contributed by atoms with Crippen molar-refractivity contribution in [3.8, 4) is 0 Å². The Kier molecular flexibility index (Phi) is 4.00. The number of methoxy groups -OCH3 is 1. The number of rotatable bonds is 3. The molecule has 2 rings (SSSR count). The van der Waals surface area contributed by atoms with Crippen molar-refractivity contribution in [1.29, 1.82) is 0 Å². The first-order valence-electron chi connectivity index (χ1n) is 6.33. The molecule has 0 aliphatic rings. The largest absolute Gasteiger partial charge is 0.468 e. The van der Waals surface area contributed by atoms with Gasteiger partial charge in [0, 0.05) is 0 Å². The maximum atomic E-state index is 12.1. The molecule has 2 aromatic rings. The van der Waals surface area contributed by atoms with Gasteiger partial charge in [-0.1, -0.05) is 59.7 Å². The summed E-state index contributed by atoms with van der Waals surface area (Å²) >= 11 is 0. The molecule has 0 aliphatic heterocycles. The number of esters is 1. The van der Waals surface area contributed by atoms with Crippen molar-refractivity contribution in [3.05, 3.63) is 70.8 Å². The van der Waals surface area contributed by atoms with Crippen LogP contribution in [0.1, 0.15) is 28.2 Å².